The van der Waals surface area contributed by atoms with Gasteiger partial charge >= 0.3 is 0 Å². The number of rotatable bonds is 4. The minimum absolute atomic E-state index is 0.689. The van der Waals surface area contributed by atoms with Crippen molar-refractivity contribution in [1.82, 2.24) is 5.32 Å². The van der Waals surface area contributed by atoms with Gasteiger partial charge in [-0.2, -0.15) is 0 Å². The molecule has 0 amide bonds. The highest BCUT2D eigenvalue weighted by molar-refractivity contribution is 9.10. The van der Waals surface area contributed by atoms with Crippen LogP contribution in [-0.4, -0.2) is 13.1 Å². The Labute approximate surface area is 98.0 Å². The third-order valence-electron chi connectivity index (χ3n) is 3.13. The van der Waals surface area contributed by atoms with Crippen LogP contribution in [0.25, 0.3) is 0 Å². The highest BCUT2D eigenvalue weighted by atomic mass is 79.9. The molecular formula is C11H16BrNS. The van der Waals surface area contributed by atoms with Crippen LogP contribution in [0, 0.1) is 5.92 Å². The SMILES string of the molecule is CNC(Cc1cc(Br)cs1)C1CCC1. The summed E-state index contributed by atoms with van der Waals surface area (Å²) in [5, 5.41) is 5.62. The first-order valence-corrected chi connectivity index (χ1v) is 6.87. The topological polar surface area (TPSA) is 12.0 Å². The van der Waals surface area contributed by atoms with Crippen LogP contribution in [0.15, 0.2) is 15.9 Å². The normalized spacial score (nSPS) is 19.3. The highest BCUT2D eigenvalue weighted by Gasteiger charge is 2.26. The van der Waals surface area contributed by atoms with Crippen LogP contribution in [0.1, 0.15) is 24.1 Å². The van der Waals surface area contributed by atoms with Gasteiger partial charge in [-0.1, -0.05) is 6.42 Å². The predicted octanol–water partition coefficient (Wildman–Crippen LogP) is 3.44. The maximum atomic E-state index is 3.50. The van der Waals surface area contributed by atoms with Gasteiger partial charge in [0, 0.05) is 20.8 Å². The van der Waals surface area contributed by atoms with Gasteiger partial charge in [-0.3, -0.25) is 0 Å². The van der Waals surface area contributed by atoms with Gasteiger partial charge in [-0.15, -0.1) is 11.3 Å². The second-order valence-corrected chi connectivity index (χ2v) is 5.93. The Hall–Kier alpha value is 0.140. The third-order valence-corrected chi connectivity index (χ3v) is 4.85. The number of likely N-dealkylation sites (N-methyl/N-ethyl adjacent to an activating group) is 1. The van der Waals surface area contributed by atoms with Crippen molar-refractivity contribution in [2.75, 3.05) is 7.05 Å². The molecule has 0 aliphatic heterocycles. The maximum absolute atomic E-state index is 3.50. The molecule has 14 heavy (non-hydrogen) atoms. The number of thiophene rings is 1. The zero-order valence-corrected chi connectivity index (χ0v) is 10.8. The van der Waals surface area contributed by atoms with Crippen molar-refractivity contribution in [3.8, 4) is 0 Å². The smallest absolute Gasteiger partial charge is 0.0285 e. The molecule has 0 radical (unpaired) electrons. The highest BCUT2D eigenvalue weighted by Crippen LogP contribution is 2.32. The van der Waals surface area contributed by atoms with E-state index in [1.54, 1.807) is 0 Å². The average Bonchev–Trinajstić information content (AvgIpc) is 2.47. The summed E-state index contributed by atoms with van der Waals surface area (Å²) in [6, 6.07) is 2.93. The van der Waals surface area contributed by atoms with E-state index < -0.39 is 0 Å². The number of hydrogen-bond donors (Lipinski definition) is 1. The molecule has 3 heteroatoms. The average molecular weight is 274 g/mol. The molecule has 1 fully saturated rings. The van der Waals surface area contributed by atoms with Crippen LogP contribution in [0.3, 0.4) is 0 Å². The van der Waals surface area contributed by atoms with E-state index in [0.29, 0.717) is 6.04 Å². The lowest BCUT2D eigenvalue weighted by atomic mass is 9.78. The quantitative estimate of drug-likeness (QED) is 0.886. The van der Waals surface area contributed by atoms with Gasteiger partial charge in [0.1, 0.15) is 0 Å². The van der Waals surface area contributed by atoms with Crippen LogP contribution < -0.4 is 5.32 Å². The number of nitrogens with one attached hydrogen (secondary N) is 1. The minimum atomic E-state index is 0.689. The standard InChI is InChI=1S/C11H16BrNS/c1-13-11(8-3-2-4-8)6-10-5-9(12)7-14-10/h5,7-8,11,13H,2-4,6H2,1H3. The Morgan fingerprint density at radius 2 is 2.43 bits per heavy atom. The van der Waals surface area contributed by atoms with Crippen molar-refractivity contribution in [3.63, 3.8) is 0 Å². The zero-order chi connectivity index (χ0) is 9.97. The van der Waals surface area contributed by atoms with Gasteiger partial charge in [-0.25, -0.2) is 0 Å². The minimum Gasteiger partial charge on any atom is -0.316 e. The molecule has 78 valence electrons. The van der Waals surface area contributed by atoms with Gasteiger partial charge in [0.25, 0.3) is 0 Å². The molecule has 1 saturated carbocycles. The summed E-state index contributed by atoms with van der Waals surface area (Å²) in [4.78, 5) is 1.49. The van der Waals surface area contributed by atoms with Crippen LogP contribution in [0.5, 0.6) is 0 Å². The second-order valence-electron chi connectivity index (χ2n) is 4.02. The van der Waals surface area contributed by atoms with E-state index in [1.165, 1.54) is 35.0 Å². The van der Waals surface area contributed by atoms with Crippen LogP contribution >= 0.6 is 27.3 Å². The third kappa shape index (κ3) is 2.38. The largest absolute Gasteiger partial charge is 0.316 e. The van der Waals surface area contributed by atoms with Crippen molar-refractivity contribution in [1.29, 1.82) is 0 Å². The molecule has 0 bridgehead atoms. The van der Waals surface area contributed by atoms with Gasteiger partial charge in [-0.05, 0) is 54.2 Å². The maximum Gasteiger partial charge on any atom is 0.0285 e. The van der Waals surface area contributed by atoms with Crippen molar-refractivity contribution in [3.05, 3.63) is 20.8 Å². The van der Waals surface area contributed by atoms with E-state index >= 15 is 0 Å². The molecule has 1 heterocycles. The van der Waals surface area contributed by atoms with Crippen molar-refractivity contribution < 1.29 is 0 Å². The predicted molar refractivity (Wildman–Crippen MR) is 65.9 cm³/mol. The summed E-state index contributed by atoms with van der Waals surface area (Å²) >= 11 is 5.36. The van der Waals surface area contributed by atoms with Crippen molar-refractivity contribution in [2.24, 2.45) is 5.92 Å². The van der Waals surface area contributed by atoms with E-state index in [9.17, 15) is 0 Å². The number of halogens is 1. The van der Waals surface area contributed by atoms with E-state index in [1.807, 2.05) is 11.3 Å². The second kappa shape index (κ2) is 4.77. The molecule has 1 aromatic heterocycles. The summed E-state index contributed by atoms with van der Waals surface area (Å²) in [5.41, 5.74) is 0. The molecule has 1 atom stereocenters. The summed E-state index contributed by atoms with van der Waals surface area (Å²) < 4.78 is 1.22. The van der Waals surface area contributed by atoms with Crippen molar-refractivity contribution in [2.45, 2.75) is 31.7 Å². The van der Waals surface area contributed by atoms with E-state index in [-0.39, 0.29) is 0 Å². The Morgan fingerprint density at radius 3 is 2.86 bits per heavy atom. The molecule has 2 rings (SSSR count). The molecule has 1 N–H and O–H groups in total. The first kappa shape index (κ1) is 10.7. The lowest BCUT2D eigenvalue weighted by Gasteiger charge is -2.33. The van der Waals surface area contributed by atoms with Gasteiger partial charge in [0.05, 0.1) is 0 Å². The lowest BCUT2D eigenvalue weighted by Crippen LogP contribution is -2.38. The fourth-order valence-electron chi connectivity index (χ4n) is 2.02. The van der Waals surface area contributed by atoms with Crippen molar-refractivity contribution >= 4 is 27.3 Å². The summed E-state index contributed by atoms with van der Waals surface area (Å²) in [7, 11) is 2.09. The van der Waals surface area contributed by atoms with Gasteiger partial charge < -0.3 is 5.32 Å². The molecular weight excluding hydrogens is 258 g/mol. The zero-order valence-electron chi connectivity index (χ0n) is 8.42. The molecule has 0 aromatic carbocycles. The van der Waals surface area contributed by atoms with Crippen LogP contribution in [0.2, 0.25) is 0 Å². The monoisotopic (exact) mass is 273 g/mol. The summed E-state index contributed by atoms with van der Waals surface area (Å²) in [6.45, 7) is 0. The van der Waals surface area contributed by atoms with Gasteiger partial charge in [0.2, 0.25) is 0 Å². The van der Waals surface area contributed by atoms with Gasteiger partial charge in [0.15, 0.2) is 0 Å². The molecule has 1 aromatic rings. The summed E-state index contributed by atoms with van der Waals surface area (Å²) in [6.07, 6.45) is 5.45. The molecule has 0 saturated heterocycles. The van der Waals surface area contributed by atoms with E-state index in [0.717, 1.165) is 5.92 Å². The van der Waals surface area contributed by atoms with Crippen LogP contribution in [-0.2, 0) is 6.42 Å². The van der Waals surface area contributed by atoms with E-state index in [4.69, 9.17) is 0 Å². The fourth-order valence-corrected chi connectivity index (χ4v) is 3.54. The fraction of sp³-hybridized carbons (Fsp3) is 0.636. The number of hydrogen-bond acceptors (Lipinski definition) is 2. The van der Waals surface area contributed by atoms with Crippen LogP contribution in [0.4, 0.5) is 0 Å². The first-order chi connectivity index (χ1) is 6.79. The van der Waals surface area contributed by atoms with E-state index in [2.05, 4.69) is 39.7 Å². The molecule has 0 spiro atoms. The molecule has 1 unspecified atom stereocenters. The Bertz CT molecular complexity index is 293. The lowest BCUT2D eigenvalue weighted by molar-refractivity contribution is 0.236. The Morgan fingerprint density at radius 1 is 1.64 bits per heavy atom. The Balaban J connectivity index is 1.93. The molecule has 1 aliphatic rings. The Kier molecular flexibility index (Phi) is 3.63. The summed E-state index contributed by atoms with van der Waals surface area (Å²) in [5.74, 6) is 0.917. The first-order valence-electron chi connectivity index (χ1n) is 5.20. The molecule has 1 nitrogen and oxygen atoms in total. The molecule has 1 aliphatic carbocycles.